The molecule has 1 rings (SSSR count). The highest BCUT2D eigenvalue weighted by atomic mass is 32.1. The number of rotatable bonds is 5. The van der Waals surface area contributed by atoms with Crippen LogP contribution in [-0.2, 0) is 4.79 Å². The number of carbonyl (C=O) groups is 2. The van der Waals surface area contributed by atoms with Gasteiger partial charge < -0.3 is 20.8 Å². The summed E-state index contributed by atoms with van der Waals surface area (Å²) in [6.45, 7) is 4.85. The van der Waals surface area contributed by atoms with Gasteiger partial charge >= 0.3 is 12.0 Å². The second-order valence-corrected chi connectivity index (χ2v) is 5.33. The lowest BCUT2D eigenvalue weighted by Gasteiger charge is -2.16. The van der Waals surface area contributed by atoms with Crippen molar-refractivity contribution in [3.63, 3.8) is 0 Å². The van der Waals surface area contributed by atoms with Crippen LogP contribution in [0.3, 0.4) is 0 Å². The van der Waals surface area contributed by atoms with E-state index in [0.29, 0.717) is 0 Å². The lowest BCUT2D eigenvalue weighted by atomic mass is 10.2. The largest absolute Gasteiger partial charge is 0.480 e. The van der Waals surface area contributed by atoms with Crippen molar-refractivity contribution in [3.8, 4) is 0 Å². The SMILES string of the molecule is Cc1nc(C)c(C(C)NC(=O)N[C@H](CO)C(=O)O)s1. The Bertz CT molecular complexity index is 475. The third-order valence-electron chi connectivity index (χ3n) is 2.47. The van der Waals surface area contributed by atoms with E-state index in [0.717, 1.165) is 15.6 Å². The van der Waals surface area contributed by atoms with Gasteiger partial charge in [-0.25, -0.2) is 14.6 Å². The van der Waals surface area contributed by atoms with Gasteiger partial charge in [0.15, 0.2) is 6.04 Å². The van der Waals surface area contributed by atoms with Crippen LogP contribution in [0.4, 0.5) is 4.79 Å². The topological polar surface area (TPSA) is 112 Å². The average molecular weight is 287 g/mol. The second-order valence-electron chi connectivity index (χ2n) is 4.10. The lowest BCUT2D eigenvalue weighted by molar-refractivity contribution is -0.140. The number of nitrogens with one attached hydrogen (secondary N) is 2. The van der Waals surface area contributed by atoms with Crippen LogP contribution in [0, 0.1) is 13.8 Å². The van der Waals surface area contributed by atoms with E-state index in [1.54, 1.807) is 6.92 Å². The standard InChI is InChI=1S/C11H17N3O4S/c1-5-9(19-7(3)12-5)6(2)13-11(18)14-8(4-15)10(16)17/h6,8,15H,4H2,1-3H3,(H,16,17)(H2,13,14,18)/t6?,8-/m1/s1. The molecule has 106 valence electrons. The number of urea groups is 1. The van der Waals surface area contributed by atoms with Crippen LogP contribution in [0.15, 0.2) is 0 Å². The van der Waals surface area contributed by atoms with E-state index in [1.165, 1.54) is 11.3 Å². The maximum atomic E-state index is 11.6. The molecule has 0 saturated carbocycles. The lowest BCUT2D eigenvalue weighted by Crippen LogP contribution is -2.48. The number of aryl methyl sites for hydroxylation is 2. The summed E-state index contributed by atoms with van der Waals surface area (Å²) in [4.78, 5) is 27.5. The number of aliphatic hydroxyl groups excluding tert-OH is 1. The van der Waals surface area contributed by atoms with E-state index < -0.39 is 24.6 Å². The Balaban J connectivity index is 2.62. The van der Waals surface area contributed by atoms with Crippen molar-refractivity contribution in [2.75, 3.05) is 6.61 Å². The molecule has 0 radical (unpaired) electrons. The zero-order valence-electron chi connectivity index (χ0n) is 10.9. The fourth-order valence-corrected chi connectivity index (χ4v) is 2.53. The highest BCUT2D eigenvalue weighted by Gasteiger charge is 2.21. The summed E-state index contributed by atoms with van der Waals surface area (Å²) >= 11 is 1.48. The molecule has 0 fully saturated rings. The van der Waals surface area contributed by atoms with Gasteiger partial charge in [0.25, 0.3) is 0 Å². The van der Waals surface area contributed by atoms with Crippen LogP contribution in [0.2, 0.25) is 0 Å². The van der Waals surface area contributed by atoms with Gasteiger partial charge in [-0.2, -0.15) is 0 Å². The summed E-state index contributed by atoms with van der Waals surface area (Å²) in [6.07, 6.45) is 0. The first kappa shape index (κ1) is 15.4. The van der Waals surface area contributed by atoms with Gasteiger partial charge in [0, 0.05) is 4.88 Å². The normalized spacial score (nSPS) is 13.7. The van der Waals surface area contributed by atoms with E-state index in [9.17, 15) is 9.59 Å². The van der Waals surface area contributed by atoms with E-state index in [-0.39, 0.29) is 6.04 Å². The number of aliphatic carboxylic acids is 1. The summed E-state index contributed by atoms with van der Waals surface area (Å²) in [5.41, 5.74) is 0.840. The number of carboxylic acids is 1. The molecule has 19 heavy (non-hydrogen) atoms. The summed E-state index contributed by atoms with van der Waals surface area (Å²) in [5.74, 6) is -1.28. The molecule has 1 unspecified atom stereocenters. The molecule has 0 saturated heterocycles. The molecule has 7 nitrogen and oxygen atoms in total. The molecule has 2 amide bonds. The molecule has 8 heteroatoms. The van der Waals surface area contributed by atoms with Gasteiger partial charge in [0.05, 0.1) is 23.4 Å². The van der Waals surface area contributed by atoms with Crippen molar-refractivity contribution in [2.24, 2.45) is 0 Å². The number of amides is 2. The predicted octanol–water partition coefficient (Wildman–Crippen LogP) is 0.566. The number of nitrogens with zero attached hydrogens (tertiary/aromatic N) is 1. The minimum Gasteiger partial charge on any atom is -0.480 e. The Hall–Kier alpha value is -1.67. The van der Waals surface area contributed by atoms with Crippen LogP contribution in [-0.4, -0.2) is 39.8 Å². The number of hydrogen-bond acceptors (Lipinski definition) is 5. The summed E-state index contributed by atoms with van der Waals surface area (Å²) in [6, 6.07) is -2.23. The molecular weight excluding hydrogens is 270 g/mol. The molecule has 0 aliphatic carbocycles. The Labute approximate surface area is 114 Å². The number of aromatic nitrogens is 1. The molecule has 0 spiro atoms. The van der Waals surface area contributed by atoms with Crippen LogP contribution in [0.25, 0.3) is 0 Å². The van der Waals surface area contributed by atoms with Gasteiger partial charge in [-0.3, -0.25) is 0 Å². The highest BCUT2D eigenvalue weighted by molar-refractivity contribution is 7.11. The van der Waals surface area contributed by atoms with Gasteiger partial charge in [-0.05, 0) is 20.8 Å². The van der Waals surface area contributed by atoms with E-state index in [4.69, 9.17) is 10.2 Å². The molecule has 1 heterocycles. The predicted molar refractivity (Wildman–Crippen MR) is 70.2 cm³/mol. The molecule has 4 N–H and O–H groups in total. The molecule has 0 aliphatic heterocycles. The molecular formula is C11H17N3O4S. The van der Waals surface area contributed by atoms with Gasteiger partial charge in [-0.1, -0.05) is 0 Å². The highest BCUT2D eigenvalue weighted by Crippen LogP contribution is 2.24. The van der Waals surface area contributed by atoms with Crippen LogP contribution in [0.1, 0.15) is 28.5 Å². The first-order valence-electron chi connectivity index (χ1n) is 5.69. The monoisotopic (exact) mass is 287 g/mol. The molecule has 0 aromatic carbocycles. The molecule has 0 bridgehead atoms. The maximum Gasteiger partial charge on any atom is 0.328 e. The minimum absolute atomic E-state index is 0.278. The van der Waals surface area contributed by atoms with Crippen molar-refractivity contribution in [3.05, 3.63) is 15.6 Å². The van der Waals surface area contributed by atoms with Gasteiger partial charge in [-0.15, -0.1) is 11.3 Å². The van der Waals surface area contributed by atoms with Crippen molar-refractivity contribution in [2.45, 2.75) is 32.9 Å². The van der Waals surface area contributed by atoms with E-state index in [2.05, 4.69) is 15.6 Å². The van der Waals surface area contributed by atoms with Crippen molar-refractivity contribution in [1.82, 2.24) is 15.6 Å². The average Bonchev–Trinajstić information content (AvgIpc) is 2.65. The van der Waals surface area contributed by atoms with Crippen molar-refractivity contribution < 1.29 is 19.8 Å². The number of thiazole rings is 1. The zero-order valence-corrected chi connectivity index (χ0v) is 11.7. The Morgan fingerprint density at radius 3 is 2.42 bits per heavy atom. The van der Waals surface area contributed by atoms with E-state index >= 15 is 0 Å². The fraction of sp³-hybridized carbons (Fsp3) is 0.545. The third-order valence-corrected chi connectivity index (χ3v) is 3.72. The Kier molecular flexibility index (Phi) is 5.25. The first-order valence-corrected chi connectivity index (χ1v) is 6.51. The number of carboxylic acid groups (broad SMARTS) is 1. The van der Waals surface area contributed by atoms with Gasteiger partial charge in [0.1, 0.15) is 0 Å². The summed E-state index contributed by atoms with van der Waals surface area (Å²) in [5, 5.41) is 23.2. The quantitative estimate of drug-likeness (QED) is 0.632. The minimum atomic E-state index is -1.31. The number of carbonyl (C=O) groups excluding carboxylic acids is 1. The maximum absolute atomic E-state index is 11.6. The number of aliphatic hydroxyl groups is 1. The molecule has 0 aliphatic rings. The third kappa shape index (κ3) is 4.18. The van der Waals surface area contributed by atoms with E-state index in [1.807, 2.05) is 13.8 Å². The van der Waals surface area contributed by atoms with Gasteiger partial charge in [0.2, 0.25) is 0 Å². The first-order chi connectivity index (χ1) is 8.85. The van der Waals surface area contributed by atoms with Crippen LogP contribution in [0.5, 0.6) is 0 Å². The summed E-state index contributed by atoms with van der Waals surface area (Å²) in [7, 11) is 0. The summed E-state index contributed by atoms with van der Waals surface area (Å²) < 4.78 is 0. The second kappa shape index (κ2) is 6.48. The van der Waals surface area contributed by atoms with Crippen LogP contribution >= 0.6 is 11.3 Å². The molecule has 1 aromatic heterocycles. The smallest absolute Gasteiger partial charge is 0.328 e. The molecule has 1 aromatic rings. The van der Waals surface area contributed by atoms with Crippen molar-refractivity contribution >= 4 is 23.3 Å². The van der Waals surface area contributed by atoms with Crippen LogP contribution < -0.4 is 10.6 Å². The Morgan fingerprint density at radius 2 is 2.00 bits per heavy atom. The zero-order chi connectivity index (χ0) is 14.6. The molecule has 2 atom stereocenters. The van der Waals surface area contributed by atoms with Crippen molar-refractivity contribution in [1.29, 1.82) is 0 Å². The number of hydrogen-bond donors (Lipinski definition) is 4. The fourth-order valence-electron chi connectivity index (χ4n) is 1.60. The Morgan fingerprint density at radius 1 is 1.37 bits per heavy atom.